The summed E-state index contributed by atoms with van der Waals surface area (Å²) >= 11 is 5.57. The molecule has 0 unspecified atom stereocenters. The van der Waals surface area contributed by atoms with Gasteiger partial charge in [-0.05, 0) is 76.3 Å². The molecule has 0 radical (unpaired) electrons. The minimum Gasteiger partial charge on any atom is -0.369 e. The Labute approximate surface area is 150 Å². The fourth-order valence-corrected chi connectivity index (χ4v) is 4.15. The van der Waals surface area contributed by atoms with Gasteiger partial charge in [0.1, 0.15) is 11.5 Å². The number of hydrogen-bond donors (Lipinski definition) is 2. The van der Waals surface area contributed by atoms with Crippen molar-refractivity contribution in [2.45, 2.75) is 37.8 Å². The molecule has 1 fully saturated rings. The molecular formula is C14H16BrFIN5. The van der Waals surface area contributed by atoms with Gasteiger partial charge in [-0.2, -0.15) is 4.99 Å². The third-order valence-corrected chi connectivity index (χ3v) is 6.57. The maximum atomic E-state index is 13.9. The second-order valence-electron chi connectivity index (χ2n) is 5.54. The molecule has 0 amide bonds. The molecule has 1 aliphatic heterocycles. The highest BCUT2D eigenvalue weighted by Crippen LogP contribution is 2.42. The van der Waals surface area contributed by atoms with Gasteiger partial charge < -0.3 is 11.5 Å². The topological polar surface area (TPSA) is 80.0 Å². The van der Waals surface area contributed by atoms with E-state index in [1.165, 1.54) is 12.1 Å². The maximum absolute atomic E-state index is 13.9. The van der Waals surface area contributed by atoms with Gasteiger partial charge in [-0.3, -0.25) is 4.90 Å². The zero-order valence-electron chi connectivity index (χ0n) is 11.8. The van der Waals surface area contributed by atoms with Gasteiger partial charge in [0.15, 0.2) is 0 Å². The van der Waals surface area contributed by atoms with Crippen molar-refractivity contribution in [2.24, 2.45) is 21.5 Å². The molecule has 0 atom stereocenters. The third-order valence-electron chi connectivity index (χ3n) is 4.07. The van der Waals surface area contributed by atoms with Gasteiger partial charge in [0, 0.05) is 4.47 Å². The van der Waals surface area contributed by atoms with Crippen molar-refractivity contribution in [3.63, 3.8) is 0 Å². The van der Waals surface area contributed by atoms with Crippen LogP contribution in [0.25, 0.3) is 0 Å². The molecule has 4 N–H and O–H groups in total. The Morgan fingerprint density at radius 1 is 1.23 bits per heavy atom. The SMILES string of the molecule is NC1=NC2(CCCCC2)N(c2cc(F)cc(Br)c2I)C(N)=N1. The highest BCUT2D eigenvalue weighted by atomic mass is 127. The average molecular weight is 480 g/mol. The lowest BCUT2D eigenvalue weighted by atomic mass is 9.87. The van der Waals surface area contributed by atoms with E-state index < -0.39 is 5.66 Å². The van der Waals surface area contributed by atoms with Crippen molar-refractivity contribution < 1.29 is 4.39 Å². The Morgan fingerprint density at radius 2 is 1.91 bits per heavy atom. The molecule has 2 aliphatic rings. The molecule has 8 heteroatoms. The summed E-state index contributed by atoms with van der Waals surface area (Å²) in [6.45, 7) is 0. The number of halogens is 3. The van der Waals surface area contributed by atoms with E-state index in [1.54, 1.807) is 0 Å². The number of nitrogens with two attached hydrogens (primary N) is 2. The number of anilines is 1. The van der Waals surface area contributed by atoms with Crippen LogP contribution in [0.3, 0.4) is 0 Å². The average Bonchev–Trinajstić information content (AvgIpc) is 2.44. The Balaban J connectivity index is 2.16. The number of benzene rings is 1. The zero-order valence-corrected chi connectivity index (χ0v) is 15.6. The van der Waals surface area contributed by atoms with Gasteiger partial charge >= 0.3 is 0 Å². The lowest BCUT2D eigenvalue weighted by molar-refractivity contribution is 0.305. The summed E-state index contributed by atoms with van der Waals surface area (Å²) in [7, 11) is 0. The van der Waals surface area contributed by atoms with Crippen molar-refractivity contribution in [3.8, 4) is 0 Å². The molecule has 0 bridgehead atoms. The van der Waals surface area contributed by atoms with Crippen LogP contribution in [0.2, 0.25) is 0 Å². The summed E-state index contributed by atoms with van der Waals surface area (Å²) in [5.74, 6) is 0.134. The first kappa shape index (κ1) is 16.0. The van der Waals surface area contributed by atoms with E-state index in [0.29, 0.717) is 10.2 Å². The van der Waals surface area contributed by atoms with E-state index in [-0.39, 0.29) is 17.7 Å². The molecule has 0 aromatic heterocycles. The van der Waals surface area contributed by atoms with E-state index in [2.05, 4.69) is 48.5 Å². The van der Waals surface area contributed by atoms with E-state index in [4.69, 9.17) is 11.5 Å². The minimum atomic E-state index is -0.554. The van der Waals surface area contributed by atoms with Crippen molar-refractivity contribution >= 4 is 56.1 Å². The maximum Gasteiger partial charge on any atom is 0.220 e. The van der Waals surface area contributed by atoms with Crippen LogP contribution in [0, 0.1) is 9.39 Å². The molecule has 1 aliphatic carbocycles. The molecule has 1 aromatic carbocycles. The summed E-state index contributed by atoms with van der Waals surface area (Å²) < 4.78 is 15.5. The summed E-state index contributed by atoms with van der Waals surface area (Å²) in [4.78, 5) is 10.5. The summed E-state index contributed by atoms with van der Waals surface area (Å²) in [5, 5.41) is 0. The van der Waals surface area contributed by atoms with E-state index in [1.807, 2.05) is 4.90 Å². The quantitative estimate of drug-likeness (QED) is 0.479. The van der Waals surface area contributed by atoms with Crippen LogP contribution in [0.4, 0.5) is 10.1 Å². The van der Waals surface area contributed by atoms with Crippen molar-refractivity contribution in [1.29, 1.82) is 0 Å². The van der Waals surface area contributed by atoms with Crippen molar-refractivity contribution in [3.05, 3.63) is 26.0 Å². The molecule has 1 spiro atoms. The van der Waals surface area contributed by atoms with Crippen molar-refractivity contribution in [1.82, 2.24) is 0 Å². The number of aliphatic imine (C=N–C) groups is 2. The first-order valence-electron chi connectivity index (χ1n) is 7.07. The molecule has 118 valence electrons. The van der Waals surface area contributed by atoms with Gasteiger partial charge in [0.05, 0.1) is 9.26 Å². The highest BCUT2D eigenvalue weighted by Gasteiger charge is 2.43. The monoisotopic (exact) mass is 479 g/mol. The molecule has 0 saturated heterocycles. The molecular weight excluding hydrogens is 464 g/mol. The molecule has 1 saturated carbocycles. The van der Waals surface area contributed by atoms with Crippen LogP contribution in [0.15, 0.2) is 26.6 Å². The fourth-order valence-electron chi connectivity index (χ4n) is 3.17. The largest absolute Gasteiger partial charge is 0.369 e. The first-order chi connectivity index (χ1) is 10.4. The lowest BCUT2D eigenvalue weighted by Crippen LogP contribution is -2.58. The minimum absolute atomic E-state index is 0.195. The van der Waals surface area contributed by atoms with Crippen molar-refractivity contribution in [2.75, 3.05) is 4.90 Å². The van der Waals surface area contributed by atoms with E-state index >= 15 is 0 Å². The number of nitrogens with zero attached hydrogens (tertiary/aromatic N) is 3. The Hall–Kier alpha value is -0.900. The second kappa shape index (κ2) is 5.95. The Morgan fingerprint density at radius 3 is 2.59 bits per heavy atom. The standard InChI is InChI=1S/C14H16BrFIN5/c15-9-6-8(16)7-10(11(9)17)22-13(19)20-12(18)21-14(22)4-2-1-3-5-14/h6-7H,1-5H2,(H4,18,19,20,21). The van der Waals surface area contributed by atoms with Crippen LogP contribution in [-0.4, -0.2) is 17.6 Å². The predicted octanol–water partition coefficient (Wildman–Crippen LogP) is 3.30. The van der Waals surface area contributed by atoms with Gasteiger partial charge in [0.2, 0.25) is 11.9 Å². The van der Waals surface area contributed by atoms with Gasteiger partial charge in [-0.1, -0.05) is 6.42 Å². The molecule has 1 heterocycles. The first-order valence-corrected chi connectivity index (χ1v) is 8.94. The molecule has 3 rings (SSSR count). The van der Waals surface area contributed by atoms with Gasteiger partial charge in [-0.15, -0.1) is 0 Å². The van der Waals surface area contributed by atoms with Crippen LogP contribution in [0.1, 0.15) is 32.1 Å². The fraction of sp³-hybridized carbons (Fsp3) is 0.429. The second-order valence-corrected chi connectivity index (χ2v) is 7.47. The van der Waals surface area contributed by atoms with Crippen LogP contribution >= 0.6 is 38.5 Å². The number of hydrogen-bond acceptors (Lipinski definition) is 5. The van der Waals surface area contributed by atoms with Crippen LogP contribution in [-0.2, 0) is 0 Å². The smallest absolute Gasteiger partial charge is 0.220 e. The third kappa shape index (κ3) is 2.70. The normalized spacial score (nSPS) is 20.8. The lowest BCUT2D eigenvalue weighted by Gasteiger charge is -2.46. The Kier molecular flexibility index (Phi) is 4.32. The summed E-state index contributed by atoms with van der Waals surface area (Å²) in [5.41, 5.74) is 12.1. The number of rotatable bonds is 1. The van der Waals surface area contributed by atoms with Crippen LogP contribution in [0.5, 0.6) is 0 Å². The van der Waals surface area contributed by atoms with E-state index in [9.17, 15) is 4.39 Å². The van der Waals surface area contributed by atoms with Gasteiger partial charge in [0.25, 0.3) is 0 Å². The van der Waals surface area contributed by atoms with Crippen LogP contribution < -0.4 is 16.4 Å². The summed E-state index contributed by atoms with van der Waals surface area (Å²) in [6, 6.07) is 2.91. The number of guanidine groups is 2. The Bertz CT molecular complexity index is 669. The molecule has 5 nitrogen and oxygen atoms in total. The summed E-state index contributed by atoms with van der Waals surface area (Å²) in [6.07, 6.45) is 4.88. The molecule has 22 heavy (non-hydrogen) atoms. The highest BCUT2D eigenvalue weighted by molar-refractivity contribution is 14.1. The molecule has 1 aromatic rings. The van der Waals surface area contributed by atoms with E-state index in [0.717, 1.165) is 35.7 Å². The zero-order chi connectivity index (χ0) is 15.9. The van der Waals surface area contributed by atoms with Gasteiger partial charge in [-0.25, -0.2) is 9.38 Å². The predicted molar refractivity (Wildman–Crippen MR) is 98.4 cm³/mol.